The molecule has 0 fully saturated rings. The van der Waals surface area contributed by atoms with Crippen LogP contribution in [0.1, 0.15) is 25.8 Å². The Hall–Kier alpha value is -3.13. The third-order valence-electron chi connectivity index (χ3n) is 4.27. The molecule has 0 bridgehead atoms. The summed E-state index contributed by atoms with van der Waals surface area (Å²) in [5, 5.41) is 14.5. The van der Waals surface area contributed by atoms with Crippen molar-refractivity contribution in [1.82, 2.24) is 15.5 Å². The summed E-state index contributed by atoms with van der Waals surface area (Å²) < 4.78 is 13.1. The molecule has 0 unspecified atom stereocenters. The van der Waals surface area contributed by atoms with Crippen LogP contribution < -0.4 is 10.6 Å². The van der Waals surface area contributed by atoms with Gasteiger partial charge in [-0.2, -0.15) is 0 Å². The third kappa shape index (κ3) is 6.18. The molecule has 3 aromatic rings. The van der Waals surface area contributed by atoms with Gasteiger partial charge in [0.05, 0.1) is 0 Å². The van der Waals surface area contributed by atoms with Crippen LogP contribution in [-0.2, 0) is 16.0 Å². The second-order valence-corrected chi connectivity index (χ2v) is 8.29. The average Bonchev–Trinajstić information content (AvgIpc) is 3.16. The van der Waals surface area contributed by atoms with Crippen LogP contribution in [0.2, 0.25) is 0 Å². The van der Waals surface area contributed by atoms with Crippen molar-refractivity contribution >= 4 is 28.3 Å². The van der Waals surface area contributed by atoms with Gasteiger partial charge in [0.1, 0.15) is 16.9 Å². The maximum absolute atomic E-state index is 13.1. The molecule has 1 heterocycles. The zero-order valence-electron chi connectivity index (χ0n) is 16.8. The smallest absolute Gasteiger partial charge is 0.249 e. The van der Waals surface area contributed by atoms with Crippen LogP contribution in [-0.4, -0.2) is 28.1 Å². The molecule has 1 aromatic heterocycles. The molecule has 6 nitrogen and oxygen atoms in total. The minimum absolute atomic E-state index is 0.176. The van der Waals surface area contributed by atoms with Gasteiger partial charge in [0, 0.05) is 18.4 Å². The lowest BCUT2D eigenvalue weighted by molar-refractivity contribution is -0.127. The number of hydrogen-bond donors (Lipinski definition) is 2. The Balaban J connectivity index is 1.72. The second kappa shape index (κ2) is 10.1. The van der Waals surface area contributed by atoms with E-state index >= 15 is 0 Å². The van der Waals surface area contributed by atoms with Crippen molar-refractivity contribution in [1.29, 1.82) is 0 Å². The fraction of sp³-hybridized carbons (Fsp3) is 0.273. The van der Waals surface area contributed by atoms with Crippen molar-refractivity contribution in [2.75, 3.05) is 5.32 Å². The SMILES string of the molecule is CC(C)CC(=O)N[C@@H](Cc1ccccc1)C(=O)Nc1nnc(-c2ccc(F)cc2)s1. The Labute approximate surface area is 178 Å². The van der Waals surface area contributed by atoms with Crippen LogP contribution in [0.25, 0.3) is 10.6 Å². The van der Waals surface area contributed by atoms with Crippen LogP contribution >= 0.6 is 11.3 Å². The van der Waals surface area contributed by atoms with E-state index in [0.717, 1.165) is 5.56 Å². The Kier molecular flexibility index (Phi) is 7.24. The van der Waals surface area contributed by atoms with E-state index in [1.165, 1.54) is 23.5 Å². The van der Waals surface area contributed by atoms with Gasteiger partial charge >= 0.3 is 0 Å². The number of carbonyl (C=O) groups excluding carboxylic acids is 2. The normalized spacial score (nSPS) is 11.9. The highest BCUT2D eigenvalue weighted by atomic mass is 32.1. The highest BCUT2D eigenvalue weighted by Crippen LogP contribution is 2.26. The van der Waals surface area contributed by atoms with Crippen molar-refractivity contribution in [3.05, 3.63) is 66.0 Å². The summed E-state index contributed by atoms with van der Waals surface area (Å²) in [6.45, 7) is 3.90. The fourth-order valence-electron chi connectivity index (χ4n) is 2.86. The fourth-order valence-corrected chi connectivity index (χ4v) is 3.61. The molecule has 0 aliphatic heterocycles. The van der Waals surface area contributed by atoms with Crippen LogP contribution in [0.3, 0.4) is 0 Å². The summed E-state index contributed by atoms with van der Waals surface area (Å²) >= 11 is 1.18. The lowest BCUT2D eigenvalue weighted by atomic mass is 10.0. The standard InChI is InChI=1S/C22H23FN4O2S/c1-14(2)12-19(28)24-18(13-15-6-4-3-5-7-15)20(29)25-22-27-26-21(30-22)16-8-10-17(23)11-9-16/h3-11,14,18H,12-13H2,1-2H3,(H,24,28)(H,25,27,29)/t18-/m0/s1. The van der Waals surface area contributed by atoms with Crippen molar-refractivity contribution in [2.45, 2.75) is 32.7 Å². The van der Waals surface area contributed by atoms with Crippen molar-refractivity contribution < 1.29 is 14.0 Å². The van der Waals surface area contributed by atoms with E-state index in [1.807, 2.05) is 44.2 Å². The van der Waals surface area contributed by atoms with E-state index in [0.29, 0.717) is 28.5 Å². The lowest BCUT2D eigenvalue weighted by Crippen LogP contribution is -2.45. The van der Waals surface area contributed by atoms with Gasteiger partial charge in [-0.15, -0.1) is 10.2 Å². The maximum Gasteiger partial charge on any atom is 0.249 e. The predicted octanol–water partition coefficient (Wildman–Crippen LogP) is 4.06. The van der Waals surface area contributed by atoms with Crippen molar-refractivity contribution in [3.63, 3.8) is 0 Å². The minimum Gasteiger partial charge on any atom is -0.344 e. The average molecular weight is 427 g/mol. The monoisotopic (exact) mass is 426 g/mol. The topological polar surface area (TPSA) is 84.0 Å². The van der Waals surface area contributed by atoms with Gasteiger partial charge in [-0.05, 0) is 35.7 Å². The molecule has 0 spiro atoms. The predicted molar refractivity (Wildman–Crippen MR) is 115 cm³/mol. The van der Waals surface area contributed by atoms with E-state index in [1.54, 1.807) is 12.1 Å². The molecule has 3 rings (SSSR count). The molecule has 0 aliphatic rings. The number of nitrogens with one attached hydrogen (secondary N) is 2. The summed E-state index contributed by atoms with van der Waals surface area (Å²) in [6, 6.07) is 14.6. The third-order valence-corrected chi connectivity index (χ3v) is 5.16. The van der Waals surface area contributed by atoms with Gasteiger partial charge in [-0.25, -0.2) is 4.39 Å². The first-order chi connectivity index (χ1) is 14.4. The zero-order chi connectivity index (χ0) is 21.5. The zero-order valence-corrected chi connectivity index (χ0v) is 17.6. The van der Waals surface area contributed by atoms with Crippen LogP contribution in [0, 0.1) is 11.7 Å². The minimum atomic E-state index is -0.739. The molecule has 0 radical (unpaired) electrons. The highest BCUT2D eigenvalue weighted by Gasteiger charge is 2.23. The van der Waals surface area contributed by atoms with E-state index in [-0.39, 0.29) is 23.5 Å². The summed E-state index contributed by atoms with van der Waals surface area (Å²) in [7, 11) is 0. The summed E-state index contributed by atoms with van der Waals surface area (Å²) in [5.74, 6) is -0.687. The first-order valence-electron chi connectivity index (χ1n) is 9.64. The molecule has 8 heteroatoms. The van der Waals surface area contributed by atoms with Gasteiger partial charge in [0.25, 0.3) is 0 Å². The molecular formula is C22H23FN4O2S. The molecule has 30 heavy (non-hydrogen) atoms. The molecular weight excluding hydrogens is 403 g/mol. The van der Waals surface area contributed by atoms with Gasteiger partial charge in [-0.1, -0.05) is 55.5 Å². The van der Waals surface area contributed by atoms with Crippen molar-refractivity contribution in [2.24, 2.45) is 5.92 Å². The maximum atomic E-state index is 13.1. The number of rotatable bonds is 8. The van der Waals surface area contributed by atoms with E-state index in [4.69, 9.17) is 0 Å². The van der Waals surface area contributed by atoms with Crippen molar-refractivity contribution in [3.8, 4) is 10.6 Å². The molecule has 1 atom stereocenters. The van der Waals surface area contributed by atoms with E-state index in [2.05, 4.69) is 20.8 Å². The number of amides is 2. The Morgan fingerprint density at radius 1 is 1.03 bits per heavy atom. The Morgan fingerprint density at radius 3 is 2.40 bits per heavy atom. The Morgan fingerprint density at radius 2 is 1.73 bits per heavy atom. The number of halogens is 1. The van der Waals surface area contributed by atoms with Crippen LogP contribution in [0.5, 0.6) is 0 Å². The van der Waals surface area contributed by atoms with Crippen LogP contribution in [0.4, 0.5) is 9.52 Å². The number of benzene rings is 2. The molecule has 0 saturated carbocycles. The number of anilines is 1. The highest BCUT2D eigenvalue weighted by molar-refractivity contribution is 7.18. The Bertz CT molecular complexity index is 990. The molecule has 2 aromatic carbocycles. The second-order valence-electron chi connectivity index (χ2n) is 7.32. The number of hydrogen-bond acceptors (Lipinski definition) is 5. The molecule has 156 valence electrons. The van der Waals surface area contributed by atoms with Gasteiger partial charge in [-0.3, -0.25) is 14.9 Å². The van der Waals surface area contributed by atoms with Crippen LogP contribution in [0.15, 0.2) is 54.6 Å². The first-order valence-corrected chi connectivity index (χ1v) is 10.5. The van der Waals surface area contributed by atoms with E-state index < -0.39 is 6.04 Å². The molecule has 2 amide bonds. The van der Waals surface area contributed by atoms with Gasteiger partial charge in [0.15, 0.2) is 0 Å². The van der Waals surface area contributed by atoms with E-state index in [9.17, 15) is 14.0 Å². The number of carbonyl (C=O) groups is 2. The number of aromatic nitrogens is 2. The summed E-state index contributed by atoms with van der Waals surface area (Å²) in [5.41, 5.74) is 1.65. The lowest BCUT2D eigenvalue weighted by Gasteiger charge is -2.18. The molecule has 0 saturated heterocycles. The molecule has 2 N–H and O–H groups in total. The largest absolute Gasteiger partial charge is 0.344 e. The number of nitrogens with zero attached hydrogens (tertiary/aromatic N) is 2. The first kappa shape index (κ1) is 21.6. The van der Waals surface area contributed by atoms with Gasteiger partial charge in [0.2, 0.25) is 16.9 Å². The quantitative estimate of drug-likeness (QED) is 0.569. The summed E-state index contributed by atoms with van der Waals surface area (Å²) in [6.07, 6.45) is 0.701. The van der Waals surface area contributed by atoms with Gasteiger partial charge < -0.3 is 5.32 Å². The molecule has 0 aliphatic carbocycles. The summed E-state index contributed by atoms with van der Waals surface area (Å²) in [4.78, 5) is 25.2.